The Bertz CT molecular complexity index is 269. The molecule has 1 atom stereocenters. The summed E-state index contributed by atoms with van der Waals surface area (Å²) in [5.41, 5.74) is -0.563. The third kappa shape index (κ3) is 6.81. The van der Waals surface area contributed by atoms with Crippen LogP contribution < -0.4 is 10.6 Å². The molecule has 0 saturated heterocycles. The minimum absolute atomic E-state index is 0.00840. The molecule has 0 saturated carbocycles. The number of ether oxygens (including phenoxy) is 1. The molecule has 5 heteroatoms. The standard InChI is InChI=1S/C12H24N2O3/c1-7-13-10(15)9(8(2)3)14-11(16)17-12(4,5)6/h8-9H,7H2,1-6H3,(H,13,15)(H,14,16)/t9-/m1/s1. The highest BCUT2D eigenvalue weighted by molar-refractivity contribution is 5.85. The van der Waals surface area contributed by atoms with Gasteiger partial charge in [-0.25, -0.2) is 4.79 Å². The van der Waals surface area contributed by atoms with Gasteiger partial charge in [0, 0.05) is 6.54 Å². The van der Waals surface area contributed by atoms with Crippen LogP contribution in [0.15, 0.2) is 0 Å². The molecule has 0 heterocycles. The van der Waals surface area contributed by atoms with Gasteiger partial charge in [0.1, 0.15) is 11.6 Å². The van der Waals surface area contributed by atoms with E-state index in [-0.39, 0.29) is 11.8 Å². The van der Waals surface area contributed by atoms with Crippen molar-refractivity contribution in [1.29, 1.82) is 0 Å². The quantitative estimate of drug-likeness (QED) is 0.790. The number of rotatable bonds is 4. The highest BCUT2D eigenvalue weighted by Crippen LogP contribution is 2.08. The predicted molar refractivity (Wildman–Crippen MR) is 66.7 cm³/mol. The van der Waals surface area contributed by atoms with Gasteiger partial charge in [-0.2, -0.15) is 0 Å². The Labute approximate surface area is 103 Å². The van der Waals surface area contributed by atoms with Crippen molar-refractivity contribution in [1.82, 2.24) is 10.6 Å². The predicted octanol–water partition coefficient (Wildman–Crippen LogP) is 1.67. The molecule has 0 aromatic rings. The summed E-state index contributed by atoms with van der Waals surface area (Å²) in [6.07, 6.45) is -0.567. The van der Waals surface area contributed by atoms with E-state index in [9.17, 15) is 9.59 Å². The van der Waals surface area contributed by atoms with E-state index in [4.69, 9.17) is 4.74 Å². The smallest absolute Gasteiger partial charge is 0.408 e. The van der Waals surface area contributed by atoms with Gasteiger partial charge in [-0.05, 0) is 33.6 Å². The lowest BCUT2D eigenvalue weighted by molar-refractivity contribution is -0.124. The molecule has 0 rings (SSSR count). The van der Waals surface area contributed by atoms with Crippen molar-refractivity contribution in [3.63, 3.8) is 0 Å². The summed E-state index contributed by atoms with van der Waals surface area (Å²) in [5, 5.41) is 5.27. The van der Waals surface area contributed by atoms with Gasteiger partial charge in [0.05, 0.1) is 0 Å². The Balaban J connectivity index is 4.46. The first-order valence-electron chi connectivity index (χ1n) is 5.94. The summed E-state index contributed by atoms with van der Waals surface area (Å²) < 4.78 is 5.12. The first kappa shape index (κ1) is 15.7. The maximum atomic E-state index is 11.7. The molecule has 0 aromatic carbocycles. The molecule has 0 fully saturated rings. The summed E-state index contributed by atoms with van der Waals surface area (Å²) in [5.74, 6) is -0.178. The number of likely N-dealkylation sites (N-methyl/N-ethyl adjacent to an activating group) is 1. The summed E-state index contributed by atoms with van der Waals surface area (Å²) >= 11 is 0. The number of carbonyl (C=O) groups is 2. The van der Waals surface area contributed by atoms with Gasteiger partial charge in [0.15, 0.2) is 0 Å². The third-order valence-electron chi connectivity index (χ3n) is 1.97. The van der Waals surface area contributed by atoms with E-state index in [1.54, 1.807) is 20.8 Å². The van der Waals surface area contributed by atoms with E-state index in [1.165, 1.54) is 0 Å². The summed E-state index contributed by atoms with van der Waals surface area (Å²) in [6, 6.07) is -0.565. The molecule has 5 nitrogen and oxygen atoms in total. The van der Waals surface area contributed by atoms with Gasteiger partial charge in [0.25, 0.3) is 0 Å². The van der Waals surface area contributed by atoms with E-state index in [0.29, 0.717) is 6.54 Å². The zero-order valence-corrected chi connectivity index (χ0v) is 11.6. The molecule has 17 heavy (non-hydrogen) atoms. The second-order valence-electron chi connectivity index (χ2n) is 5.26. The molecular formula is C12H24N2O3. The highest BCUT2D eigenvalue weighted by atomic mass is 16.6. The maximum Gasteiger partial charge on any atom is 0.408 e. The Morgan fingerprint density at radius 3 is 2.12 bits per heavy atom. The SMILES string of the molecule is CCNC(=O)[C@H](NC(=O)OC(C)(C)C)C(C)C. The molecule has 2 amide bonds. The van der Waals surface area contributed by atoms with Crippen LogP contribution in [0.1, 0.15) is 41.5 Å². The molecule has 0 aliphatic heterocycles. The minimum atomic E-state index is -0.567. The van der Waals surface area contributed by atoms with Crippen molar-refractivity contribution < 1.29 is 14.3 Å². The fraction of sp³-hybridized carbons (Fsp3) is 0.833. The third-order valence-corrected chi connectivity index (χ3v) is 1.97. The Hall–Kier alpha value is -1.26. The molecule has 0 spiro atoms. The van der Waals surface area contributed by atoms with E-state index >= 15 is 0 Å². The van der Waals surface area contributed by atoms with Crippen molar-refractivity contribution in [3.8, 4) is 0 Å². The number of alkyl carbamates (subject to hydrolysis) is 1. The van der Waals surface area contributed by atoms with Crippen molar-refractivity contribution in [2.24, 2.45) is 5.92 Å². The topological polar surface area (TPSA) is 67.4 Å². The van der Waals surface area contributed by atoms with Crippen LogP contribution in [0.4, 0.5) is 4.79 Å². The van der Waals surface area contributed by atoms with Crippen molar-refractivity contribution >= 4 is 12.0 Å². The van der Waals surface area contributed by atoms with Gasteiger partial charge >= 0.3 is 6.09 Å². The van der Waals surface area contributed by atoms with Crippen molar-refractivity contribution in [2.75, 3.05) is 6.54 Å². The summed E-state index contributed by atoms with van der Waals surface area (Å²) in [6.45, 7) is 11.5. The lowest BCUT2D eigenvalue weighted by Crippen LogP contribution is -2.50. The number of amides is 2. The lowest BCUT2D eigenvalue weighted by atomic mass is 10.0. The van der Waals surface area contributed by atoms with E-state index < -0.39 is 17.7 Å². The second-order valence-corrected chi connectivity index (χ2v) is 5.26. The van der Waals surface area contributed by atoms with Crippen molar-refractivity contribution in [3.05, 3.63) is 0 Å². The van der Waals surface area contributed by atoms with Gasteiger partial charge in [0.2, 0.25) is 5.91 Å². The fourth-order valence-electron chi connectivity index (χ4n) is 1.25. The Morgan fingerprint density at radius 2 is 1.76 bits per heavy atom. The maximum absolute atomic E-state index is 11.7. The normalized spacial score (nSPS) is 13.1. The van der Waals surface area contributed by atoms with Crippen LogP contribution in [-0.4, -0.2) is 30.2 Å². The van der Waals surface area contributed by atoms with Gasteiger partial charge < -0.3 is 15.4 Å². The number of carbonyl (C=O) groups excluding carboxylic acids is 2. The van der Waals surface area contributed by atoms with Crippen LogP contribution >= 0.6 is 0 Å². The molecule has 0 aliphatic carbocycles. The second kappa shape index (κ2) is 6.47. The van der Waals surface area contributed by atoms with Crippen LogP contribution in [0.2, 0.25) is 0 Å². The molecule has 0 bridgehead atoms. The summed E-state index contributed by atoms with van der Waals surface area (Å²) in [4.78, 5) is 23.3. The molecule has 0 radical (unpaired) electrons. The average molecular weight is 244 g/mol. The number of hydrogen-bond acceptors (Lipinski definition) is 3. The van der Waals surface area contributed by atoms with Crippen LogP contribution in [0.5, 0.6) is 0 Å². The number of nitrogens with one attached hydrogen (secondary N) is 2. The first-order valence-corrected chi connectivity index (χ1v) is 5.94. The molecule has 2 N–H and O–H groups in total. The van der Waals surface area contributed by atoms with Gasteiger partial charge in [-0.3, -0.25) is 4.79 Å². The van der Waals surface area contributed by atoms with E-state index in [0.717, 1.165) is 0 Å². The van der Waals surface area contributed by atoms with Crippen LogP contribution in [-0.2, 0) is 9.53 Å². The zero-order chi connectivity index (χ0) is 13.6. The molecule has 100 valence electrons. The van der Waals surface area contributed by atoms with Crippen LogP contribution in [0.3, 0.4) is 0 Å². The highest BCUT2D eigenvalue weighted by Gasteiger charge is 2.26. The monoisotopic (exact) mass is 244 g/mol. The Morgan fingerprint density at radius 1 is 1.24 bits per heavy atom. The largest absolute Gasteiger partial charge is 0.444 e. The Kier molecular flexibility index (Phi) is 5.99. The minimum Gasteiger partial charge on any atom is -0.444 e. The fourth-order valence-corrected chi connectivity index (χ4v) is 1.25. The first-order chi connectivity index (χ1) is 7.67. The van der Waals surface area contributed by atoms with E-state index in [1.807, 2.05) is 20.8 Å². The van der Waals surface area contributed by atoms with Crippen LogP contribution in [0, 0.1) is 5.92 Å². The van der Waals surface area contributed by atoms with Crippen LogP contribution in [0.25, 0.3) is 0 Å². The average Bonchev–Trinajstić information content (AvgIpc) is 2.11. The molecule has 0 aliphatic rings. The molecular weight excluding hydrogens is 220 g/mol. The number of hydrogen-bond donors (Lipinski definition) is 2. The van der Waals surface area contributed by atoms with Gasteiger partial charge in [-0.1, -0.05) is 13.8 Å². The zero-order valence-electron chi connectivity index (χ0n) is 11.6. The molecule has 0 unspecified atom stereocenters. The summed E-state index contributed by atoms with van der Waals surface area (Å²) in [7, 11) is 0. The van der Waals surface area contributed by atoms with Crippen molar-refractivity contribution in [2.45, 2.75) is 53.2 Å². The molecule has 0 aromatic heterocycles. The van der Waals surface area contributed by atoms with Gasteiger partial charge in [-0.15, -0.1) is 0 Å². The lowest BCUT2D eigenvalue weighted by Gasteiger charge is -2.25. The van der Waals surface area contributed by atoms with E-state index in [2.05, 4.69) is 10.6 Å².